The first kappa shape index (κ1) is 13.7. The van der Waals surface area contributed by atoms with E-state index < -0.39 is 0 Å². The maximum absolute atomic E-state index is 9.58. The van der Waals surface area contributed by atoms with Crippen LogP contribution in [0.5, 0.6) is 0 Å². The molecule has 0 aliphatic carbocycles. The molecule has 3 nitrogen and oxygen atoms in total. The van der Waals surface area contributed by atoms with E-state index in [1.54, 1.807) is 0 Å². The van der Waals surface area contributed by atoms with Crippen molar-refractivity contribution in [1.82, 2.24) is 4.90 Å². The van der Waals surface area contributed by atoms with Gasteiger partial charge in [-0.15, -0.1) is 0 Å². The fourth-order valence-electron chi connectivity index (χ4n) is 2.44. The first-order valence-electron chi connectivity index (χ1n) is 6.28. The van der Waals surface area contributed by atoms with Gasteiger partial charge in [0.1, 0.15) is 0 Å². The summed E-state index contributed by atoms with van der Waals surface area (Å²) in [5.74, 6) is 0. The Hall–Kier alpha value is -0.770. The molecule has 1 aliphatic rings. The summed E-state index contributed by atoms with van der Waals surface area (Å²) in [6.45, 7) is 6.34. The lowest BCUT2D eigenvalue weighted by Crippen LogP contribution is -2.63. The quantitative estimate of drug-likeness (QED) is 0.891. The second-order valence-electron chi connectivity index (χ2n) is 5.64. The normalized spacial score (nSPS) is 24.3. The SMILES string of the molecule is CN1CC(CO)N(c2cccc(Cl)c2)CC1(C)C. The average Bonchev–Trinajstić information content (AvgIpc) is 2.32. The van der Waals surface area contributed by atoms with Crippen molar-refractivity contribution < 1.29 is 5.11 Å². The second kappa shape index (κ2) is 5.08. The number of likely N-dealkylation sites (N-methyl/N-ethyl adjacent to an activating group) is 1. The highest BCUT2D eigenvalue weighted by Crippen LogP contribution is 2.29. The van der Waals surface area contributed by atoms with Crippen LogP contribution in [0.1, 0.15) is 13.8 Å². The van der Waals surface area contributed by atoms with E-state index in [4.69, 9.17) is 11.6 Å². The molecule has 1 aliphatic heterocycles. The van der Waals surface area contributed by atoms with Gasteiger partial charge in [-0.3, -0.25) is 4.90 Å². The zero-order valence-corrected chi connectivity index (χ0v) is 12.0. The van der Waals surface area contributed by atoms with Gasteiger partial charge in [-0.25, -0.2) is 0 Å². The fraction of sp³-hybridized carbons (Fsp3) is 0.571. The molecule has 4 heteroatoms. The molecule has 2 rings (SSSR count). The maximum atomic E-state index is 9.58. The van der Waals surface area contributed by atoms with Gasteiger partial charge in [-0.05, 0) is 39.1 Å². The maximum Gasteiger partial charge on any atom is 0.0648 e. The summed E-state index contributed by atoms with van der Waals surface area (Å²) >= 11 is 6.06. The Morgan fingerprint density at radius 3 is 2.78 bits per heavy atom. The summed E-state index contributed by atoms with van der Waals surface area (Å²) in [6.07, 6.45) is 0. The highest BCUT2D eigenvalue weighted by molar-refractivity contribution is 6.30. The molecule has 0 bridgehead atoms. The minimum absolute atomic E-state index is 0.0913. The van der Waals surface area contributed by atoms with E-state index in [-0.39, 0.29) is 18.2 Å². The van der Waals surface area contributed by atoms with Crippen LogP contribution >= 0.6 is 11.6 Å². The van der Waals surface area contributed by atoms with Gasteiger partial charge in [-0.2, -0.15) is 0 Å². The van der Waals surface area contributed by atoms with Gasteiger partial charge < -0.3 is 10.0 Å². The predicted molar refractivity (Wildman–Crippen MR) is 76.4 cm³/mol. The zero-order valence-electron chi connectivity index (χ0n) is 11.2. The van der Waals surface area contributed by atoms with E-state index in [1.807, 2.05) is 18.2 Å². The Bertz CT molecular complexity index is 422. The second-order valence-corrected chi connectivity index (χ2v) is 6.07. The van der Waals surface area contributed by atoms with Crippen LogP contribution in [-0.2, 0) is 0 Å². The molecular weight excluding hydrogens is 248 g/mol. The molecule has 0 spiro atoms. The van der Waals surface area contributed by atoms with E-state index in [2.05, 4.69) is 36.8 Å². The van der Waals surface area contributed by atoms with Gasteiger partial charge in [0.05, 0.1) is 12.6 Å². The van der Waals surface area contributed by atoms with Crippen molar-refractivity contribution >= 4 is 17.3 Å². The van der Waals surface area contributed by atoms with Crippen molar-refractivity contribution in [3.63, 3.8) is 0 Å². The van der Waals surface area contributed by atoms with Crippen LogP contribution in [0.3, 0.4) is 0 Å². The Morgan fingerprint density at radius 1 is 1.44 bits per heavy atom. The molecule has 1 atom stereocenters. The lowest BCUT2D eigenvalue weighted by molar-refractivity contribution is 0.0932. The number of rotatable bonds is 2. The van der Waals surface area contributed by atoms with Gasteiger partial charge in [0.25, 0.3) is 0 Å². The summed E-state index contributed by atoms with van der Waals surface area (Å²) in [5.41, 5.74) is 1.18. The first-order chi connectivity index (χ1) is 8.44. The summed E-state index contributed by atoms with van der Waals surface area (Å²) < 4.78 is 0. The van der Waals surface area contributed by atoms with Gasteiger partial charge in [0.2, 0.25) is 0 Å². The monoisotopic (exact) mass is 268 g/mol. The number of aliphatic hydroxyl groups is 1. The molecule has 0 aromatic heterocycles. The number of halogens is 1. The minimum atomic E-state index is 0.0913. The molecule has 100 valence electrons. The van der Waals surface area contributed by atoms with E-state index in [0.29, 0.717) is 0 Å². The Morgan fingerprint density at radius 2 is 2.17 bits per heavy atom. The van der Waals surface area contributed by atoms with Crippen LogP contribution in [-0.4, -0.2) is 48.3 Å². The van der Waals surface area contributed by atoms with Gasteiger partial charge >= 0.3 is 0 Å². The Labute approximate surface area is 114 Å². The van der Waals surface area contributed by atoms with Gasteiger partial charge in [-0.1, -0.05) is 17.7 Å². The van der Waals surface area contributed by atoms with Crippen LogP contribution in [0.2, 0.25) is 5.02 Å². The summed E-state index contributed by atoms with van der Waals surface area (Å²) in [7, 11) is 2.11. The lowest BCUT2D eigenvalue weighted by Gasteiger charge is -2.50. The number of hydrogen-bond donors (Lipinski definition) is 1. The molecule has 1 aromatic rings. The number of benzene rings is 1. The van der Waals surface area contributed by atoms with Crippen molar-refractivity contribution in [2.24, 2.45) is 0 Å². The molecule has 18 heavy (non-hydrogen) atoms. The standard InChI is InChI=1S/C14H21ClN2O/c1-14(2)10-17(13(9-18)8-16(14)3)12-6-4-5-11(15)7-12/h4-7,13,18H,8-10H2,1-3H3. The van der Waals surface area contributed by atoms with E-state index in [0.717, 1.165) is 23.8 Å². The topological polar surface area (TPSA) is 26.7 Å². The summed E-state index contributed by atoms with van der Waals surface area (Å²) in [4.78, 5) is 4.56. The molecule has 1 saturated heterocycles. The molecule has 1 aromatic carbocycles. The highest BCUT2D eigenvalue weighted by atomic mass is 35.5. The third kappa shape index (κ3) is 2.63. The molecule has 0 radical (unpaired) electrons. The van der Waals surface area contributed by atoms with Crippen LogP contribution in [0, 0.1) is 0 Å². The molecule has 1 N–H and O–H groups in total. The third-order valence-corrected chi connectivity index (χ3v) is 4.10. The van der Waals surface area contributed by atoms with E-state index in [1.165, 1.54) is 0 Å². The fourth-order valence-corrected chi connectivity index (χ4v) is 2.63. The van der Waals surface area contributed by atoms with Crippen molar-refractivity contribution in [3.8, 4) is 0 Å². The lowest BCUT2D eigenvalue weighted by atomic mass is 9.96. The number of piperazine rings is 1. The molecule has 0 saturated carbocycles. The Kier molecular flexibility index (Phi) is 3.85. The van der Waals surface area contributed by atoms with Crippen LogP contribution in [0.25, 0.3) is 0 Å². The largest absolute Gasteiger partial charge is 0.394 e. The summed E-state index contributed by atoms with van der Waals surface area (Å²) in [6, 6.07) is 7.97. The molecule has 0 amide bonds. The highest BCUT2D eigenvalue weighted by Gasteiger charge is 2.36. The molecule has 1 fully saturated rings. The van der Waals surface area contributed by atoms with Crippen LogP contribution in [0.4, 0.5) is 5.69 Å². The van der Waals surface area contributed by atoms with Crippen LogP contribution in [0.15, 0.2) is 24.3 Å². The molecule has 1 unspecified atom stereocenters. The third-order valence-electron chi connectivity index (χ3n) is 3.87. The van der Waals surface area contributed by atoms with Crippen LogP contribution < -0.4 is 4.90 Å². The number of hydrogen-bond acceptors (Lipinski definition) is 3. The van der Waals surface area contributed by atoms with Crippen molar-refractivity contribution in [3.05, 3.63) is 29.3 Å². The van der Waals surface area contributed by atoms with E-state index in [9.17, 15) is 5.11 Å². The average molecular weight is 269 g/mol. The van der Waals surface area contributed by atoms with Gasteiger partial charge in [0, 0.05) is 29.3 Å². The number of aliphatic hydroxyl groups excluding tert-OH is 1. The molecular formula is C14H21ClN2O. The van der Waals surface area contributed by atoms with Crippen molar-refractivity contribution in [2.45, 2.75) is 25.4 Å². The smallest absolute Gasteiger partial charge is 0.0648 e. The molecule has 1 heterocycles. The number of anilines is 1. The first-order valence-corrected chi connectivity index (χ1v) is 6.66. The van der Waals surface area contributed by atoms with Crippen molar-refractivity contribution in [2.75, 3.05) is 31.6 Å². The van der Waals surface area contributed by atoms with Crippen molar-refractivity contribution in [1.29, 1.82) is 0 Å². The minimum Gasteiger partial charge on any atom is -0.394 e. The van der Waals surface area contributed by atoms with E-state index >= 15 is 0 Å². The predicted octanol–water partition coefficient (Wildman–Crippen LogP) is 2.23. The Balaban J connectivity index is 2.29. The van der Waals surface area contributed by atoms with Gasteiger partial charge in [0.15, 0.2) is 0 Å². The number of nitrogens with zero attached hydrogens (tertiary/aromatic N) is 2. The zero-order chi connectivity index (χ0) is 13.3. The summed E-state index contributed by atoms with van der Waals surface area (Å²) in [5, 5.41) is 10.3.